The molecule has 0 unspecified atom stereocenters. The number of hydrogen-bond acceptors (Lipinski definition) is 4. The van der Waals surface area contributed by atoms with Crippen LogP contribution in [0.3, 0.4) is 0 Å². The molecule has 0 atom stereocenters. The molecule has 0 aliphatic carbocycles. The van der Waals surface area contributed by atoms with Gasteiger partial charge in [-0.05, 0) is 81.8 Å². The number of carbonyl (C=O) groups excluding carboxylic acids is 3. The van der Waals surface area contributed by atoms with Crippen molar-refractivity contribution in [3.63, 3.8) is 0 Å². The Morgan fingerprint density at radius 1 is 0.667 bits per heavy atom. The lowest BCUT2D eigenvalue weighted by Crippen LogP contribution is -2.27. The minimum absolute atomic E-state index is 0.227. The lowest BCUT2D eigenvalue weighted by atomic mass is 10.1. The van der Waals surface area contributed by atoms with E-state index in [1.165, 1.54) is 0 Å². The zero-order chi connectivity index (χ0) is 24.0. The molecular weight excluding hydrogens is 418 g/mol. The van der Waals surface area contributed by atoms with Crippen LogP contribution in [0.2, 0.25) is 0 Å². The average Bonchev–Trinajstić information content (AvgIpc) is 2.76. The van der Waals surface area contributed by atoms with Gasteiger partial charge in [-0.15, -0.1) is 0 Å². The molecule has 0 aliphatic rings. The molecule has 3 rings (SSSR count). The smallest absolute Gasteiger partial charge is 0.412 e. The number of benzene rings is 3. The molecule has 3 aromatic rings. The molecule has 3 N–H and O–H groups in total. The first kappa shape index (κ1) is 23.5. The molecule has 7 heteroatoms. The summed E-state index contributed by atoms with van der Waals surface area (Å²) in [7, 11) is 0. The van der Waals surface area contributed by atoms with Crippen molar-refractivity contribution >= 4 is 35.0 Å². The lowest BCUT2D eigenvalue weighted by Gasteiger charge is -2.19. The highest BCUT2D eigenvalue weighted by Crippen LogP contribution is 2.25. The van der Waals surface area contributed by atoms with Crippen molar-refractivity contribution < 1.29 is 19.1 Å². The van der Waals surface area contributed by atoms with Crippen LogP contribution in [0.25, 0.3) is 0 Å². The molecule has 0 saturated carbocycles. The molecule has 7 nitrogen and oxygen atoms in total. The Kier molecular flexibility index (Phi) is 7.13. The topological polar surface area (TPSA) is 96.5 Å². The number of hydrogen-bond donors (Lipinski definition) is 3. The van der Waals surface area contributed by atoms with Crippen molar-refractivity contribution in [1.29, 1.82) is 0 Å². The van der Waals surface area contributed by atoms with Gasteiger partial charge in [-0.2, -0.15) is 0 Å². The SMILES string of the molecule is Cc1c(NC(=O)c2ccccc2)cccc1NC(=O)c1ccc(NC(=O)OC(C)(C)C)cc1. The second-order valence-electron chi connectivity index (χ2n) is 8.46. The summed E-state index contributed by atoms with van der Waals surface area (Å²) in [5.74, 6) is -0.538. The van der Waals surface area contributed by atoms with Gasteiger partial charge in [-0.25, -0.2) is 4.79 Å². The van der Waals surface area contributed by atoms with Gasteiger partial charge < -0.3 is 15.4 Å². The van der Waals surface area contributed by atoms with Crippen LogP contribution in [0.15, 0.2) is 72.8 Å². The number of amides is 3. The van der Waals surface area contributed by atoms with E-state index in [9.17, 15) is 14.4 Å². The normalized spacial score (nSPS) is 10.8. The van der Waals surface area contributed by atoms with Gasteiger partial charge in [-0.1, -0.05) is 24.3 Å². The third-order valence-electron chi connectivity index (χ3n) is 4.66. The summed E-state index contributed by atoms with van der Waals surface area (Å²) < 4.78 is 5.22. The number of ether oxygens (including phenoxy) is 1. The van der Waals surface area contributed by atoms with Gasteiger partial charge in [0.25, 0.3) is 11.8 Å². The van der Waals surface area contributed by atoms with Crippen molar-refractivity contribution in [2.45, 2.75) is 33.3 Å². The first-order chi connectivity index (χ1) is 15.6. The first-order valence-electron chi connectivity index (χ1n) is 10.5. The Balaban J connectivity index is 1.66. The maximum absolute atomic E-state index is 12.7. The first-order valence-corrected chi connectivity index (χ1v) is 10.5. The van der Waals surface area contributed by atoms with Crippen LogP contribution >= 0.6 is 0 Å². The highest BCUT2D eigenvalue weighted by atomic mass is 16.6. The molecule has 0 bridgehead atoms. The highest BCUT2D eigenvalue weighted by molar-refractivity contribution is 6.07. The fourth-order valence-corrected chi connectivity index (χ4v) is 3.01. The van der Waals surface area contributed by atoms with Gasteiger partial charge in [0.15, 0.2) is 0 Å². The van der Waals surface area contributed by atoms with E-state index in [1.807, 2.05) is 13.0 Å². The molecule has 0 aliphatic heterocycles. The van der Waals surface area contributed by atoms with Crippen molar-refractivity contribution in [2.24, 2.45) is 0 Å². The summed E-state index contributed by atoms with van der Waals surface area (Å²) >= 11 is 0. The lowest BCUT2D eigenvalue weighted by molar-refractivity contribution is 0.0635. The Morgan fingerprint density at radius 2 is 1.18 bits per heavy atom. The molecule has 0 radical (unpaired) electrons. The summed E-state index contributed by atoms with van der Waals surface area (Å²) in [4.78, 5) is 37.1. The van der Waals surface area contributed by atoms with Gasteiger partial charge in [0.1, 0.15) is 5.60 Å². The molecule has 3 aromatic carbocycles. The maximum Gasteiger partial charge on any atom is 0.412 e. The summed E-state index contributed by atoms with van der Waals surface area (Å²) in [5, 5.41) is 8.38. The van der Waals surface area contributed by atoms with E-state index < -0.39 is 11.7 Å². The number of carbonyl (C=O) groups is 3. The quantitative estimate of drug-likeness (QED) is 0.459. The van der Waals surface area contributed by atoms with E-state index in [0.29, 0.717) is 28.2 Å². The van der Waals surface area contributed by atoms with Crippen LogP contribution in [0.5, 0.6) is 0 Å². The number of rotatable bonds is 5. The van der Waals surface area contributed by atoms with Crippen LogP contribution in [0, 0.1) is 6.92 Å². The minimum atomic E-state index is -0.600. The Hall–Kier alpha value is -4.13. The van der Waals surface area contributed by atoms with Gasteiger partial charge in [0.05, 0.1) is 0 Å². The number of nitrogens with one attached hydrogen (secondary N) is 3. The van der Waals surface area contributed by atoms with Crippen LogP contribution < -0.4 is 16.0 Å². The third-order valence-corrected chi connectivity index (χ3v) is 4.66. The van der Waals surface area contributed by atoms with E-state index in [-0.39, 0.29) is 11.8 Å². The zero-order valence-electron chi connectivity index (χ0n) is 19.1. The van der Waals surface area contributed by atoms with Crippen LogP contribution in [0.4, 0.5) is 21.9 Å². The van der Waals surface area contributed by atoms with Crippen molar-refractivity contribution in [3.05, 3.63) is 89.5 Å². The second-order valence-corrected chi connectivity index (χ2v) is 8.46. The average molecular weight is 446 g/mol. The summed E-state index contributed by atoms with van der Waals surface area (Å²) in [6.07, 6.45) is -0.565. The summed E-state index contributed by atoms with van der Waals surface area (Å²) in [6, 6.07) is 20.7. The number of anilines is 3. The largest absolute Gasteiger partial charge is 0.444 e. The van der Waals surface area contributed by atoms with E-state index in [4.69, 9.17) is 4.74 Å². The molecular formula is C26H27N3O4. The molecule has 0 spiro atoms. The Morgan fingerprint density at radius 3 is 1.70 bits per heavy atom. The molecule has 170 valence electrons. The fraction of sp³-hybridized carbons (Fsp3) is 0.192. The third kappa shape index (κ3) is 6.67. The predicted molar refractivity (Wildman–Crippen MR) is 130 cm³/mol. The minimum Gasteiger partial charge on any atom is -0.444 e. The molecule has 0 fully saturated rings. The highest BCUT2D eigenvalue weighted by Gasteiger charge is 2.17. The van der Waals surface area contributed by atoms with E-state index in [1.54, 1.807) is 87.5 Å². The second kappa shape index (κ2) is 9.99. The molecule has 0 saturated heterocycles. The summed E-state index contributed by atoms with van der Waals surface area (Å²) in [6.45, 7) is 7.17. The molecule has 3 amide bonds. The maximum atomic E-state index is 12.7. The zero-order valence-corrected chi connectivity index (χ0v) is 19.1. The molecule has 33 heavy (non-hydrogen) atoms. The summed E-state index contributed by atoms with van der Waals surface area (Å²) in [5.41, 5.74) is 2.81. The van der Waals surface area contributed by atoms with E-state index in [0.717, 1.165) is 5.56 Å². The molecule has 0 heterocycles. The van der Waals surface area contributed by atoms with Crippen molar-refractivity contribution in [1.82, 2.24) is 0 Å². The van der Waals surface area contributed by atoms with Crippen LogP contribution in [0.1, 0.15) is 47.1 Å². The van der Waals surface area contributed by atoms with Gasteiger partial charge in [-0.3, -0.25) is 14.9 Å². The van der Waals surface area contributed by atoms with E-state index in [2.05, 4.69) is 16.0 Å². The van der Waals surface area contributed by atoms with Crippen LogP contribution in [-0.4, -0.2) is 23.5 Å². The van der Waals surface area contributed by atoms with E-state index >= 15 is 0 Å². The monoisotopic (exact) mass is 445 g/mol. The Bertz CT molecular complexity index is 1150. The van der Waals surface area contributed by atoms with Gasteiger partial charge in [0.2, 0.25) is 0 Å². The Labute approximate surface area is 193 Å². The standard InChI is InChI=1S/C26H27N3O4/c1-17-21(28-23(30)18-9-6-5-7-10-18)11-8-12-22(17)29-24(31)19-13-15-20(16-14-19)27-25(32)33-26(2,3)4/h5-16H,1-4H3,(H,27,32)(H,28,30)(H,29,31). The van der Waals surface area contributed by atoms with Crippen molar-refractivity contribution in [2.75, 3.05) is 16.0 Å². The van der Waals surface area contributed by atoms with Crippen LogP contribution in [-0.2, 0) is 4.74 Å². The predicted octanol–water partition coefficient (Wildman–Crippen LogP) is 5.85. The molecule has 0 aromatic heterocycles. The fourth-order valence-electron chi connectivity index (χ4n) is 3.01. The van der Waals surface area contributed by atoms with Gasteiger partial charge in [0, 0.05) is 28.2 Å². The van der Waals surface area contributed by atoms with Crippen molar-refractivity contribution in [3.8, 4) is 0 Å². The van der Waals surface area contributed by atoms with Gasteiger partial charge >= 0.3 is 6.09 Å².